The maximum Gasteiger partial charge on any atom is 0.146 e. The van der Waals surface area contributed by atoms with Gasteiger partial charge in [-0.15, -0.1) is 10.2 Å². The summed E-state index contributed by atoms with van der Waals surface area (Å²) in [6.07, 6.45) is 1.77. The normalized spacial score (nSPS) is 16.4. The molecule has 21 heavy (non-hydrogen) atoms. The molecule has 0 spiro atoms. The Kier molecular flexibility index (Phi) is 4.15. The molecule has 3 rings (SSSR count). The van der Waals surface area contributed by atoms with Gasteiger partial charge in [0.05, 0.1) is 5.69 Å². The highest BCUT2D eigenvalue weighted by Gasteiger charge is 2.19. The minimum absolute atomic E-state index is 0.133. The van der Waals surface area contributed by atoms with E-state index in [1.807, 2.05) is 19.1 Å². The van der Waals surface area contributed by atoms with Crippen molar-refractivity contribution < 1.29 is 4.39 Å². The van der Waals surface area contributed by atoms with Gasteiger partial charge in [-0.3, -0.25) is 4.90 Å². The molecule has 1 aromatic carbocycles. The molecule has 5 nitrogen and oxygen atoms in total. The summed E-state index contributed by atoms with van der Waals surface area (Å²) in [4.78, 5) is 4.52. The van der Waals surface area contributed by atoms with Crippen molar-refractivity contribution in [1.29, 1.82) is 0 Å². The van der Waals surface area contributed by atoms with Gasteiger partial charge in [0.25, 0.3) is 0 Å². The lowest BCUT2D eigenvalue weighted by atomic mass is 10.2. The van der Waals surface area contributed by atoms with E-state index in [1.54, 1.807) is 12.4 Å². The summed E-state index contributed by atoms with van der Waals surface area (Å²) in [5.41, 5.74) is 0.715. The molecule has 0 N–H and O–H groups in total. The summed E-state index contributed by atoms with van der Waals surface area (Å²) in [5, 5.41) is 7.88. The second-order valence-corrected chi connectivity index (χ2v) is 5.35. The van der Waals surface area contributed by atoms with Crippen LogP contribution < -0.4 is 4.90 Å². The molecule has 1 saturated heterocycles. The van der Waals surface area contributed by atoms with Crippen LogP contribution in [0.4, 0.5) is 10.1 Å². The summed E-state index contributed by atoms with van der Waals surface area (Å²) >= 11 is 0. The first kappa shape index (κ1) is 14.0. The first-order chi connectivity index (χ1) is 10.2. The van der Waals surface area contributed by atoms with Gasteiger partial charge in [0.15, 0.2) is 0 Å². The van der Waals surface area contributed by atoms with E-state index >= 15 is 0 Å². The number of hydrogen-bond acceptors (Lipinski definition) is 4. The Balaban J connectivity index is 1.51. The SMILES string of the molecule is Cc1nncn1CCN1CCN(c2ccccc2F)CC1. The quantitative estimate of drug-likeness (QED) is 0.856. The molecule has 2 heterocycles. The Morgan fingerprint density at radius 1 is 1.10 bits per heavy atom. The molecule has 1 aliphatic rings. The summed E-state index contributed by atoms with van der Waals surface area (Å²) in [6, 6.07) is 7.00. The number of halogens is 1. The lowest BCUT2D eigenvalue weighted by Gasteiger charge is -2.36. The van der Waals surface area contributed by atoms with Crippen molar-refractivity contribution in [2.45, 2.75) is 13.5 Å². The molecular weight excluding hydrogens is 269 g/mol. The second-order valence-electron chi connectivity index (χ2n) is 5.35. The standard InChI is InChI=1S/C15H20FN5/c1-13-18-17-12-21(13)11-8-19-6-9-20(10-7-19)15-5-3-2-4-14(15)16/h2-5,12H,6-11H2,1H3. The highest BCUT2D eigenvalue weighted by Crippen LogP contribution is 2.20. The van der Waals surface area contributed by atoms with E-state index in [1.165, 1.54) is 6.07 Å². The Bertz CT molecular complexity index is 589. The summed E-state index contributed by atoms with van der Waals surface area (Å²) in [6.45, 7) is 7.47. The fraction of sp³-hybridized carbons (Fsp3) is 0.467. The maximum absolute atomic E-state index is 13.8. The average Bonchev–Trinajstić information content (AvgIpc) is 2.92. The van der Waals surface area contributed by atoms with Gasteiger partial charge in [0.1, 0.15) is 18.0 Å². The summed E-state index contributed by atoms with van der Waals surface area (Å²) in [7, 11) is 0. The minimum atomic E-state index is -0.133. The molecule has 2 aromatic rings. The van der Waals surface area contributed by atoms with Crippen molar-refractivity contribution in [1.82, 2.24) is 19.7 Å². The van der Waals surface area contributed by atoms with Crippen LogP contribution >= 0.6 is 0 Å². The van der Waals surface area contributed by atoms with Crippen molar-refractivity contribution >= 4 is 5.69 Å². The maximum atomic E-state index is 13.8. The zero-order valence-corrected chi connectivity index (χ0v) is 12.2. The molecule has 1 fully saturated rings. The molecule has 0 saturated carbocycles. The molecule has 0 bridgehead atoms. The van der Waals surface area contributed by atoms with Crippen LogP contribution in [0.25, 0.3) is 0 Å². The number of hydrogen-bond donors (Lipinski definition) is 0. The highest BCUT2D eigenvalue weighted by molar-refractivity contribution is 5.47. The molecule has 1 aromatic heterocycles. The number of nitrogens with zero attached hydrogens (tertiary/aromatic N) is 5. The van der Waals surface area contributed by atoms with Crippen LogP contribution in [0.2, 0.25) is 0 Å². The van der Waals surface area contributed by atoms with Crippen LogP contribution in [0.1, 0.15) is 5.82 Å². The minimum Gasteiger partial charge on any atom is -0.367 e. The number of rotatable bonds is 4. The first-order valence-electron chi connectivity index (χ1n) is 7.30. The molecule has 1 aliphatic heterocycles. The van der Waals surface area contributed by atoms with Gasteiger partial charge >= 0.3 is 0 Å². The molecule has 0 amide bonds. The number of anilines is 1. The monoisotopic (exact) mass is 289 g/mol. The van der Waals surface area contributed by atoms with Crippen molar-refractivity contribution in [2.75, 3.05) is 37.6 Å². The topological polar surface area (TPSA) is 37.2 Å². The van der Waals surface area contributed by atoms with Crippen molar-refractivity contribution in [3.05, 3.63) is 42.2 Å². The molecule has 0 radical (unpaired) electrons. The van der Waals surface area contributed by atoms with E-state index < -0.39 is 0 Å². The Hall–Kier alpha value is -1.95. The summed E-state index contributed by atoms with van der Waals surface area (Å²) in [5.74, 6) is 0.811. The number of benzene rings is 1. The fourth-order valence-corrected chi connectivity index (χ4v) is 2.70. The molecule has 0 atom stereocenters. The van der Waals surface area contributed by atoms with Crippen molar-refractivity contribution in [2.24, 2.45) is 0 Å². The zero-order chi connectivity index (χ0) is 14.7. The Morgan fingerprint density at radius 3 is 2.52 bits per heavy atom. The van der Waals surface area contributed by atoms with Gasteiger partial charge in [-0.05, 0) is 19.1 Å². The van der Waals surface area contributed by atoms with Gasteiger partial charge < -0.3 is 9.47 Å². The van der Waals surface area contributed by atoms with E-state index in [0.29, 0.717) is 5.69 Å². The van der Waals surface area contributed by atoms with Crippen LogP contribution in [-0.4, -0.2) is 52.4 Å². The van der Waals surface area contributed by atoms with Gasteiger partial charge in [-0.1, -0.05) is 12.1 Å². The predicted octanol–water partition coefficient (Wildman–Crippen LogP) is 1.55. The van der Waals surface area contributed by atoms with Crippen molar-refractivity contribution in [3.63, 3.8) is 0 Å². The van der Waals surface area contributed by atoms with Crippen LogP contribution in [0.15, 0.2) is 30.6 Å². The lowest BCUT2D eigenvalue weighted by Crippen LogP contribution is -2.47. The third-order valence-electron chi connectivity index (χ3n) is 4.03. The predicted molar refractivity (Wildman–Crippen MR) is 79.8 cm³/mol. The highest BCUT2D eigenvalue weighted by atomic mass is 19.1. The molecule has 112 valence electrons. The molecule has 0 aliphatic carbocycles. The van der Waals surface area contributed by atoms with Crippen LogP contribution in [-0.2, 0) is 6.54 Å². The average molecular weight is 289 g/mol. The van der Waals surface area contributed by atoms with Gasteiger partial charge in [0.2, 0.25) is 0 Å². The first-order valence-corrected chi connectivity index (χ1v) is 7.30. The third-order valence-corrected chi connectivity index (χ3v) is 4.03. The number of piperazine rings is 1. The number of aromatic nitrogens is 3. The van der Waals surface area contributed by atoms with Gasteiger partial charge in [0, 0.05) is 39.3 Å². The summed E-state index contributed by atoms with van der Waals surface area (Å²) < 4.78 is 15.8. The molecule has 0 unspecified atom stereocenters. The number of aryl methyl sites for hydroxylation is 1. The van der Waals surface area contributed by atoms with Crippen LogP contribution in [0.5, 0.6) is 0 Å². The molecular formula is C15H20FN5. The lowest BCUT2D eigenvalue weighted by molar-refractivity contribution is 0.247. The Labute approximate surface area is 124 Å². The van der Waals surface area contributed by atoms with E-state index in [-0.39, 0.29) is 5.82 Å². The van der Waals surface area contributed by atoms with E-state index in [4.69, 9.17) is 0 Å². The zero-order valence-electron chi connectivity index (χ0n) is 12.2. The second kappa shape index (κ2) is 6.22. The van der Waals surface area contributed by atoms with Crippen LogP contribution in [0, 0.1) is 12.7 Å². The van der Waals surface area contributed by atoms with Crippen molar-refractivity contribution in [3.8, 4) is 0 Å². The molecule has 6 heteroatoms. The van der Waals surface area contributed by atoms with Gasteiger partial charge in [-0.25, -0.2) is 4.39 Å². The van der Waals surface area contributed by atoms with E-state index in [9.17, 15) is 4.39 Å². The van der Waals surface area contributed by atoms with Gasteiger partial charge in [-0.2, -0.15) is 0 Å². The smallest absolute Gasteiger partial charge is 0.146 e. The largest absolute Gasteiger partial charge is 0.367 e. The fourth-order valence-electron chi connectivity index (χ4n) is 2.70. The number of para-hydroxylation sites is 1. The van der Waals surface area contributed by atoms with Crippen LogP contribution in [0.3, 0.4) is 0 Å². The Morgan fingerprint density at radius 2 is 1.86 bits per heavy atom. The van der Waals surface area contributed by atoms with E-state index in [0.717, 1.165) is 45.1 Å². The third kappa shape index (κ3) is 3.21. The van der Waals surface area contributed by atoms with E-state index in [2.05, 4.69) is 24.6 Å².